The van der Waals surface area contributed by atoms with E-state index in [4.69, 9.17) is 5.73 Å². The fourth-order valence-corrected chi connectivity index (χ4v) is 1.37. The van der Waals surface area contributed by atoms with Crippen LogP contribution < -0.4 is 5.73 Å². The summed E-state index contributed by atoms with van der Waals surface area (Å²) in [7, 11) is 0. The van der Waals surface area contributed by atoms with Gasteiger partial charge in [0.25, 0.3) is 0 Å². The van der Waals surface area contributed by atoms with Crippen LogP contribution in [0.25, 0.3) is 0 Å². The number of hydrogen-bond donors (Lipinski definition) is 1. The summed E-state index contributed by atoms with van der Waals surface area (Å²) in [6.07, 6.45) is -0.482. The molecule has 1 atom stereocenters. The molecule has 0 bridgehead atoms. The van der Waals surface area contributed by atoms with Crippen LogP contribution in [0.15, 0.2) is 0 Å². The van der Waals surface area contributed by atoms with E-state index < -0.39 is 12.8 Å². The van der Waals surface area contributed by atoms with E-state index in [1.54, 1.807) is 0 Å². The van der Waals surface area contributed by atoms with Crippen LogP contribution in [0.1, 0.15) is 25.7 Å². The van der Waals surface area contributed by atoms with Crippen molar-refractivity contribution in [2.24, 2.45) is 11.7 Å². The second kappa shape index (κ2) is 4.98. The Kier molecular flexibility index (Phi) is 4.19. The topological polar surface area (TPSA) is 35.2 Å². The number of hydrogen-bond acceptors (Lipinski definition) is 2. The van der Waals surface area contributed by atoms with E-state index in [0.717, 1.165) is 6.42 Å². The molecule has 0 amide bonds. The molecule has 0 aromatic carbocycles. The van der Waals surface area contributed by atoms with Crippen LogP contribution >= 0.6 is 0 Å². The Morgan fingerprint density at radius 3 is 2.50 bits per heavy atom. The number of alkyl halides is 3. The van der Waals surface area contributed by atoms with Gasteiger partial charge in [0.15, 0.2) is 0 Å². The van der Waals surface area contributed by atoms with Crippen molar-refractivity contribution in [2.45, 2.75) is 37.9 Å². The van der Waals surface area contributed by atoms with E-state index in [2.05, 4.69) is 4.74 Å². The van der Waals surface area contributed by atoms with Crippen molar-refractivity contribution in [3.63, 3.8) is 0 Å². The fourth-order valence-electron chi connectivity index (χ4n) is 1.37. The lowest BCUT2D eigenvalue weighted by Crippen LogP contribution is -2.23. The smallest absolute Gasteiger partial charge is 0.372 e. The lowest BCUT2D eigenvalue weighted by Gasteiger charge is -2.10. The molecule has 0 heterocycles. The van der Waals surface area contributed by atoms with Gasteiger partial charge in [0.2, 0.25) is 0 Å². The van der Waals surface area contributed by atoms with Crippen LogP contribution in [0.4, 0.5) is 13.2 Å². The maximum Gasteiger partial charge on any atom is 0.411 e. The monoisotopic (exact) mass is 211 g/mol. The first-order valence-corrected chi connectivity index (χ1v) is 4.89. The lowest BCUT2D eigenvalue weighted by atomic mass is 10.1. The molecule has 1 saturated carbocycles. The summed E-state index contributed by atoms with van der Waals surface area (Å²) < 4.78 is 39.4. The summed E-state index contributed by atoms with van der Waals surface area (Å²) in [4.78, 5) is 0. The molecule has 0 aromatic heterocycles. The third-order valence-electron chi connectivity index (χ3n) is 2.32. The summed E-state index contributed by atoms with van der Waals surface area (Å²) >= 11 is 0. The highest BCUT2D eigenvalue weighted by Gasteiger charge is 2.29. The van der Waals surface area contributed by atoms with Crippen LogP contribution in [0.5, 0.6) is 0 Å². The van der Waals surface area contributed by atoms with Crippen molar-refractivity contribution < 1.29 is 17.9 Å². The Morgan fingerprint density at radius 1 is 1.36 bits per heavy atom. The zero-order chi connectivity index (χ0) is 10.6. The van der Waals surface area contributed by atoms with Gasteiger partial charge in [-0.05, 0) is 31.6 Å². The van der Waals surface area contributed by atoms with Crippen molar-refractivity contribution in [1.82, 2.24) is 0 Å². The van der Waals surface area contributed by atoms with Gasteiger partial charge >= 0.3 is 6.18 Å². The van der Waals surface area contributed by atoms with Crippen molar-refractivity contribution in [1.29, 1.82) is 0 Å². The molecule has 2 nitrogen and oxygen atoms in total. The van der Waals surface area contributed by atoms with Crippen molar-refractivity contribution in [3.8, 4) is 0 Å². The van der Waals surface area contributed by atoms with Gasteiger partial charge in [-0.2, -0.15) is 13.2 Å². The highest BCUT2D eigenvalue weighted by Crippen LogP contribution is 2.33. The van der Waals surface area contributed by atoms with Crippen LogP contribution in [0, 0.1) is 5.92 Å². The van der Waals surface area contributed by atoms with Gasteiger partial charge in [-0.1, -0.05) is 0 Å². The van der Waals surface area contributed by atoms with Crippen molar-refractivity contribution >= 4 is 0 Å². The van der Waals surface area contributed by atoms with Crippen LogP contribution in [0.3, 0.4) is 0 Å². The molecule has 1 unspecified atom stereocenters. The van der Waals surface area contributed by atoms with Gasteiger partial charge in [-0.3, -0.25) is 0 Å². The number of rotatable bonds is 6. The van der Waals surface area contributed by atoms with Gasteiger partial charge in [0, 0.05) is 12.6 Å². The predicted octanol–water partition coefficient (Wildman–Crippen LogP) is 2.08. The van der Waals surface area contributed by atoms with E-state index >= 15 is 0 Å². The van der Waals surface area contributed by atoms with Gasteiger partial charge in [-0.15, -0.1) is 0 Å². The molecule has 1 aliphatic rings. The molecule has 0 spiro atoms. The highest BCUT2D eigenvalue weighted by molar-refractivity contribution is 4.83. The summed E-state index contributed by atoms with van der Waals surface area (Å²) in [5.41, 5.74) is 5.77. The average Bonchev–Trinajstić information content (AvgIpc) is 2.83. The zero-order valence-electron chi connectivity index (χ0n) is 8.02. The number of nitrogens with two attached hydrogens (primary N) is 1. The van der Waals surface area contributed by atoms with E-state index in [-0.39, 0.29) is 12.6 Å². The molecule has 0 aliphatic heterocycles. The molecule has 0 aromatic rings. The second-order valence-electron chi connectivity index (χ2n) is 3.81. The molecule has 1 rings (SSSR count). The summed E-state index contributed by atoms with van der Waals surface area (Å²) in [5, 5.41) is 0. The molecular formula is C9H16F3NO. The Morgan fingerprint density at radius 2 is 2.00 bits per heavy atom. The second-order valence-corrected chi connectivity index (χ2v) is 3.81. The third kappa shape index (κ3) is 5.44. The molecule has 2 N–H and O–H groups in total. The highest BCUT2D eigenvalue weighted by atomic mass is 19.4. The molecule has 84 valence electrons. The first kappa shape index (κ1) is 11.8. The molecule has 0 saturated heterocycles. The zero-order valence-corrected chi connectivity index (χ0v) is 8.02. The van der Waals surface area contributed by atoms with Gasteiger partial charge < -0.3 is 10.5 Å². The lowest BCUT2D eigenvalue weighted by molar-refractivity contribution is -0.174. The van der Waals surface area contributed by atoms with Crippen LogP contribution in [-0.4, -0.2) is 25.4 Å². The molecule has 1 aliphatic carbocycles. The van der Waals surface area contributed by atoms with E-state index in [1.807, 2.05) is 0 Å². The van der Waals surface area contributed by atoms with E-state index in [0.29, 0.717) is 12.3 Å². The molecule has 1 fully saturated rings. The first-order valence-electron chi connectivity index (χ1n) is 4.89. The minimum atomic E-state index is -4.21. The average molecular weight is 211 g/mol. The molecule has 14 heavy (non-hydrogen) atoms. The van der Waals surface area contributed by atoms with E-state index in [1.165, 1.54) is 12.8 Å². The van der Waals surface area contributed by atoms with E-state index in [9.17, 15) is 13.2 Å². The minimum Gasteiger partial charge on any atom is -0.372 e. The van der Waals surface area contributed by atoms with Crippen molar-refractivity contribution in [3.05, 3.63) is 0 Å². The van der Waals surface area contributed by atoms with Gasteiger partial charge in [0.1, 0.15) is 6.61 Å². The van der Waals surface area contributed by atoms with Crippen molar-refractivity contribution in [2.75, 3.05) is 13.2 Å². The number of ether oxygens (including phenoxy) is 1. The van der Waals surface area contributed by atoms with Gasteiger partial charge in [-0.25, -0.2) is 0 Å². The minimum absolute atomic E-state index is 0.153. The predicted molar refractivity (Wildman–Crippen MR) is 46.8 cm³/mol. The van der Waals surface area contributed by atoms with Gasteiger partial charge in [0.05, 0.1) is 0 Å². The Hall–Kier alpha value is -0.290. The Balaban J connectivity index is 1.88. The molecule has 0 radical (unpaired) electrons. The standard InChI is InChI=1S/C9H16F3NO/c10-9(11,12)6-14-5-1-2-8(13)7-3-4-7/h7-8H,1-6,13H2. The maximum atomic E-state index is 11.6. The molecular weight excluding hydrogens is 195 g/mol. The summed E-state index contributed by atoms with van der Waals surface area (Å²) in [6, 6.07) is 0.157. The van der Waals surface area contributed by atoms with Crippen LogP contribution in [-0.2, 0) is 4.74 Å². The molecule has 5 heteroatoms. The van der Waals surface area contributed by atoms with Crippen LogP contribution in [0.2, 0.25) is 0 Å². The Bertz CT molecular complexity index is 168. The maximum absolute atomic E-state index is 11.6. The largest absolute Gasteiger partial charge is 0.411 e. The summed E-state index contributed by atoms with van der Waals surface area (Å²) in [6.45, 7) is -0.994. The Labute approximate surface area is 81.6 Å². The normalized spacial score (nSPS) is 19.7. The number of halogens is 3. The quantitative estimate of drug-likeness (QED) is 0.683. The first-order chi connectivity index (χ1) is 6.49. The fraction of sp³-hybridized carbons (Fsp3) is 1.00. The SMILES string of the molecule is NC(CCCOCC(F)(F)F)C1CC1. The third-order valence-corrected chi connectivity index (χ3v) is 2.32. The summed E-state index contributed by atoms with van der Waals surface area (Å²) in [5.74, 6) is 0.609.